The largest absolute Gasteiger partial charge is 0.493 e. The van der Waals surface area contributed by atoms with E-state index in [2.05, 4.69) is 4.98 Å². The Morgan fingerprint density at radius 2 is 2.00 bits per heavy atom. The number of ether oxygens (including phenoxy) is 2. The number of benzene rings is 2. The number of aliphatic carboxylic acids is 1. The van der Waals surface area contributed by atoms with Gasteiger partial charge in [-0.2, -0.15) is 0 Å². The summed E-state index contributed by atoms with van der Waals surface area (Å²) < 4.78 is 17.4. The fourth-order valence-corrected chi connectivity index (χ4v) is 3.81. The highest BCUT2D eigenvalue weighted by atomic mass is 16.5. The van der Waals surface area contributed by atoms with Gasteiger partial charge in [-0.15, -0.1) is 0 Å². The number of aryl methyl sites for hydroxylation is 1. The second-order valence-electron chi connectivity index (χ2n) is 7.12. The van der Waals surface area contributed by atoms with Crippen molar-refractivity contribution in [2.24, 2.45) is 0 Å². The summed E-state index contributed by atoms with van der Waals surface area (Å²) in [6.45, 7) is 2.33. The van der Waals surface area contributed by atoms with Gasteiger partial charge in [0.05, 0.1) is 19.4 Å². The Kier molecular flexibility index (Phi) is 5.57. The lowest BCUT2D eigenvalue weighted by Crippen LogP contribution is -2.05. The number of allylic oxidation sites excluding steroid dienone is 1. The number of hydrogen-bond donors (Lipinski definition) is 1. The molecule has 0 saturated carbocycles. The van der Waals surface area contributed by atoms with Gasteiger partial charge < -0.3 is 19.0 Å². The lowest BCUT2D eigenvalue weighted by molar-refractivity contribution is -0.131. The van der Waals surface area contributed by atoms with Gasteiger partial charge in [-0.3, -0.25) is 0 Å². The molecule has 0 saturated heterocycles. The fourth-order valence-electron chi connectivity index (χ4n) is 3.81. The average Bonchev–Trinajstić information content (AvgIpc) is 3.31. The van der Waals surface area contributed by atoms with Gasteiger partial charge in [-0.05, 0) is 49.1 Å². The van der Waals surface area contributed by atoms with Gasteiger partial charge in [-0.25, -0.2) is 9.78 Å². The Hall–Kier alpha value is -3.54. The SMILES string of the molecule is COc1c(OCCc2nc(-c3ccccc3)oc2C)ccc2c1CCC2=CC(=O)O. The summed E-state index contributed by atoms with van der Waals surface area (Å²) >= 11 is 0. The quantitative estimate of drug-likeness (QED) is 0.574. The number of hydrogen-bond acceptors (Lipinski definition) is 5. The van der Waals surface area contributed by atoms with Crippen LogP contribution in [-0.4, -0.2) is 29.8 Å². The Morgan fingerprint density at radius 1 is 1.20 bits per heavy atom. The number of nitrogens with zero attached hydrogens (tertiary/aromatic N) is 1. The number of fused-ring (bicyclic) bond motifs is 1. The predicted octanol–water partition coefficient (Wildman–Crippen LogP) is 4.69. The summed E-state index contributed by atoms with van der Waals surface area (Å²) in [5, 5.41) is 9.06. The summed E-state index contributed by atoms with van der Waals surface area (Å²) in [4.78, 5) is 15.6. The summed E-state index contributed by atoms with van der Waals surface area (Å²) in [6, 6.07) is 13.5. The summed E-state index contributed by atoms with van der Waals surface area (Å²) in [7, 11) is 1.61. The van der Waals surface area contributed by atoms with E-state index in [0.29, 0.717) is 36.8 Å². The van der Waals surface area contributed by atoms with Crippen molar-refractivity contribution in [3.8, 4) is 23.0 Å². The molecule has 0 unspecified atom stereocenters. The Labute approximate surface area is 174 Å². The minimum Gasteiger partial charge on any atom is -0.493 e. The first-order valence-corrected chi connectivity index (χ1v) is 9.85. The monoisotopic (exact) mass is 405 g/mol. The van der Waals surface area contributed by atoms with E-state index in [4.69, 9.17) is 19.0 Å². The van der Waals surface area contributed by atoms with Crippen LogP contribution in [-0.2, 0) is 17.6 Å². The molecule has 1 N–H and O–H groups in total. The molecule has 1 aromatic heterocycles. The molecule has 1 aliphatic carbocycles. The van der Waals surface area contributed by atoms with Crippen molar-refractivity contribution in [2.75, 3.05) is 13.7 Å². The van der Waals surface area contributed by atoms with Gasteiger partial charge in [0, 0.05) is 23.6 Å². The zero-order valence-electron chi connectivity index (χ0n) is 17.0. The van der Waals surface area contributed by atoms with Crippen molar-refractivity contribution in [3.05, 3.63) is 71.1 Å². The van der Waals surface area contributed by atoms with E-state index >= 15 is 0 Å². The van der Waals surface area contributed by atoms with Crippen molar-refractivity contribution in [1.29, 1.82) is 0 Å². The molecule has 30 heavy (non-hydrogen) atoms. The molecule has 0 spiro atoms. The second-order valence-corrected chi connectivity index (χ2v) is 7.12. The zero-order chi connectivity index (χ0) is 21.1. The lowest BCUT2D eigenvalue weighted by Gasteiger charge is -2.14. The molecule has 0 fully saturated rings. The molecule has 0 bridgehead atoms. The number of rotatable bonds is 7. The van der Waals surface area contributed by atoms with Crippen molar-refractivity contribution in [3.63, 3.8) is 0 Å². The molecule has 0 atom stereocenters. The van der Waals surface area contributed by atoms with Gasteiger partial charge in [-0.1, -0.05) is 24.3 Å². The zero-order valence-corrected chi connectivity index (χ0v) is 17.0. The number of aromatic nitrogens is 1. The maximum atomic E-state index is 11.0. The van der Waals surface area contributed by atoms with Crippen LogP contribution in [0.15, 0.2) is 53.0 Å². The number of carboxylic acid groups (broad SMARTS) is 1. The molecule has 2 aromatic carbocycles. The minimum absolute atomic E-state index is 0.425. The summed E-state index contributed by atoms with van der Waals surface area (Å²) in [5.74, 6) is 1.77. The molecule has 6 nitrogen and oxygen atoms in total. The molecule has 3 aromatic rings. The molecule has 0 radical (unpaired) electrons. The smallest absolute Gasteiger partial charge is 0.328 e. The van der Waals surface area contributed by atoms with Gasteiger partial charge in [0.2, 0.25) is 5.89 Å². The van der Waals surface area contributed by atoms with Crippen molar-refractivity contribution in [2.45, 2.75) is 26.2 Å². The maximum absolute atomic E-state index is 11.0. The molecule has 1 heterocycles. The van der Waals surface area contributed by atoms with Crippen LogP contribution in [0.25, 0.3) is 17.0 Å². The number of carbonyl (C=O) groups is 1. The predicted molar refractivity (Wildman–Crippen MR) is 113 cm³/mol. The van der Waals surface area contributed by atoms with E-state index in [1.807, 2.05) is 49.4 Å². The number of oxazole rings is 1. The Morgan fingerprint density at radius 3 is 2.73 bits per heavy atom. The summed E-state index contributed by atoms with van der Waals surface area (Å²) in [6.07, 6.45) is 3.29. The molecule has 0 aliphatic heterocycles. The Balaban J connectivity index is 1.48. The average molecular weight is 405 g/mol. The van der Waals surface area contributed by atoms with E-state index in [9.17, 15) is 4.79 Å². The van der Waals surface area contributed by atoms with Crippen molar-refractivity contribution in [1.82, 2.24) is 4.98 Å². The molecule has 6 heteroatoms. The van der Waals surface area contributed by atoms with Gasteiger partial charge in [0.15, 0.2) is 11.5 Å². The first-order chi connectivity index (χ1) is 14.6. The number of methoxy groups -OCH3 is 1. The number of carboxylic acids is 1. The van der Waals surface area contributed by atoms with Crippen LogP contribution in [0.1, 0.15) is 29.0 Å². The topological polar surface area (TPSA) is 81.8 Å². The second kappa shape index (κ2) is 8.45. The van der Waals surface area contributed by atoms with Crippen LogP contribution in [0.5, 0.6) is 11.5 Å². The third kappa shape index (κ3) is 3.94. The first kappa shape index (κ1) is 19.8. The van der Waals surface area contributed by atoms with E-state index in [-0.39, 0.29) is 0 Å². The normalized spacial score (nSPS) is 14.0. The fraction of sp³-hybridized carbons (Fsp3) is 0.250. The van der Waals surface area contributed by atoms with Gasteiger partial charge in [0.1, 0.15) is 5.76 Å². The van der Waals surface area contributed by atoms with Gasteiger partial charge >= 0.3 is 5.97 Å². The maximum Gasteiger partial charge on any atom is 0.328 e. The van der Waals surface area contributed by atoms with Crippen molar-refractivity contribution >= 4 is 11.5 Å². The first-order valence-electron chi connectivity index (χ1n) is 9.85. The van der Waals surface area contributed by atoms with Crippen LogP contribution in [0.3, 0.4) is 0 Å². The molecule has 1 aliphatic rings. The summed E-state index contributed by atoms with van der Waals surface area (Å²) in [5.41, 5.74) is 4.53. The van der Waals surface area contributed by atoms with Crippen LogP contribution in [0, 0.1) is 6.92 Å². The molecule has 0 amide bonds. The van der Waals surface area contributed by atoms with E-state index in [1.54, 1.807) is 7.11 Å². The van der Waals surface area contributed by atoms with Crippen LogP contribution < -0.4 is 9.47 Å². The third-order valence-electron chi connectivity index (χ3n) is 5.23. The van der Waals surface area contributed by atoms with Gasteiger partial charge in [0.25, 0.3) is 0 Å². The minimum atomic E-state index is -0.935. The molecule has 154 valence electrons. The Bertz CT molecular complexity index is 1100. The molecular weight excluding hydrogens is 382 g/mol. The van der Waals surface area contributed by atoms with E-state index in [0.717, 1.165) is 40.1 Å². The standard InChI is InChI=1S/C24H23NO5/c1-15-20(25-24(30-15)16-6-4-3-5-7-16)12-13-29-21-11-10-18-17(14-22(26)27)8-9-19(18)23(21)28-2/h3-7,10-11,14H,8-9,12-13H2,1-2H3,(H,26,27). The van der Waals surface area contributed by atoms with E-state index in [1.165, 1.54) is 6.08 Å². The van der Waals surface area contributed by atoms with Crippen LogP contribution >= 0.6 is 0 Å². The highest BCUT2D eigenvalue weighted by Crippen LogP contribution is 2.43. The lowest BCUT2D eigenvalue weighted by atomic mass is 10.1. The van der Waals surface area contributed by atoms with Crippen LogP contribution in [0.2, 0.25) is 0 Å². The highest BCUT2D eigenvalue weighted by molar-refractivity contribution is 5.92. The third-order valence-corrected chi connectivity index (χ3v) is 5.23. The molecule has 4 rings (SSSR count). The van der Waals surface area contributed by atoms with Crippen LogP contribution in [0.4, 0.5) is 0 Å². The highest BCUT2D eigenvalue weighted by Gasteiger charge is 2.24. The van der Waals surface area contributed by atoms with E-state index < -0.39 is 5.97 Å². The van der Waals surface area contributed by atoms with Crippen molar-refractivity contribution < 1.29 is 23.8 Å². The molecular formula is C24H23NO5.